The zero-order valence-electron chi connectivity index (χ0n) is 15.0. The highest BCUT2D eigenvalue weighted by Crippen LogP contribution is 2.36. The van der Waals surface area contributed by atoms with Crippen LogP contribution in [-0.4, -0.2) is 29.9 Å². The maximum Gasteiger partial charge on any atom is 0.496 e. The molecule has 1 heterocycles. The van der Waals surface area contributed by atoms with Gasteiger partial charge in [-0.05, 0) is 60.6 Å². The summed E-state index contributed by atoms with van der Waals surface area (Å²) < 4.78 is 17.3. The molecule has 6 heteroatoms. The van der Waals surface area contributed by atoms with Gasteiger partial charge in [0.15, 0.2) is 0 Å². The molecule has 5 nitrogen and oxygen atoms in total. The maximum absolute atomic E-state index is 12.1. The number of anilines is 1. The summed E-state index contributed by atoms with van der Waals surface area (Å²) >= 11 is 0. The van der Waals surface area contributed by atoms with Crippen LogP contribution in [0, 0.1) is 0 Å². The number of carbonyl (C=O) groups excluding carboxylic acids is 1. The number of hydrogen-bond donors (Lipinski definition) is 1. The Morgan fingerprint density at radius 1 is 1.13 bits per heavy atom. The molecule has 0 spiro atoms. The Morgan fingerprint density at radius 2 is 1.65 bits per heavy atom. The number of nitrogens with two attached hydrogens (primary N) is 1. The number of ether oxygens (including phenoxy) is 1. The molecule has 0 atom stereocenters. The molecule has 1 fully saturated rings. The fourth-order valence-electron chi connectivity index (χ4n) is 2.22. The third-order valence-electron chi connectivity index (χ3n) is 4.23. The van der Waals surface area contributed by atoms with Crippen molar-refractivity contribution in [3.63, 3.8) is 0 Å². The molecular formula is C17H26BNO4. The molecule has 1 saturated heterocycles. The molecule has 1 aliphatic heterocycles. The van der Waals surface area contributed by atoms with Crippen molar-refractivity contribution in [2.24, 2.45) is 0 Å². The molecule has 2 N–H and O–H groups in total. The molecule has 1 aliphatic rings. The first-order chi connectivity index (χ1) is 10.3. The quantitative estimate of drug-likeness (QED) is 0.515. The van der Waals surface area contributed by atoms with Gasteiger partial charge in [0, 0.05) is 11.2 Å². The average Bonchev–Trinajstić information content (AvgIpc) is 2.55. The van der Waals surface area contributed by atoms with E-state index in [0.29, 0.717) is 11.3 Å². The van der Waals surface area contributed by atoms with Gasteiger partial charge in [-0.2, -0.15) is 0 Å². The Bertz CT molecular complexity index is 604. The van der Waals surface area contributed by atoms with Crippen molar-refractivity contribution >= 4 is 24.2 Å². The molecule has 0 bridgehead atoms. The summed E-state index contributed by atoms with van der Waals surface area (Å²) in [5.41, 5.74) is 6.28. The van der Waals surface area contributed by atoms with Gasteiger partial charge in [-0.15, -0.1) is 0 Å². The van der Waals surface area contributed by atoms with Gasteiger partial charge in [-0.25, -0.2) is 4.79 Å². The summed E-state index contributed by atoms with van der Waals surface area (Å²) in [6, 6.07) is 5.05. The second-order valence-electron chi connectivity index (χ2n) is 7.93. The van der Waals surface area contributed by atoms with Crippen molar-refractivity contribution < 1.29 is 18.8 Å². The fourth-order valence-corrected chi connectivity index (χ4v) is 2.22. The van der Waals surface area contributed by atoms with Crippen molar-refractivity contribution in [1.29, 1.82) is 0 Å². The predicted molar refractivity (Wildman–Crippen MR) is 91.7 cm³/mol. The molecule has 0 unspecified atom stereocenters. The number of rotatable bonds is 2. The lowest BCUT2D eigenvalue weighted by Gasteiger charge is -2.32. The molecule has 1 aromatic rings. The summed E-state index contributed by atoms with van der Waals surface area (Å²) in [6.07, 6.45) is 0. The van der Waals surface area contributed by atoms with E-state index in [2.05, 4.69) is 0 Å². The van der Waals surface area contributed by atoms with E-state index in [9.17, 15) is 4.79 Å². The minimum atomic E-state index is -0.548. The third kappa shape index (κ3) is 3.70. The second-order valence-corrected chi connectivity index (χ2v) is 7.93. The number of carbonyl (C=O) groups is 1. The lowest BCUT2D eigenvalue weighted by molar-refractivity contribution is 0.00578. The van der Waals surface area contributed by atoms with Crippen molar-refractivity contribution in [3.8, 4) is 0 Å². The number of hydrogen-bond acceptors (Lipinski definition) is 5. The van der Waals surface area contributed by atoms with Gasteiger partial charge >= 0.3 is 13.1 Å². The highest BCUT2D eigenvalue weighted by atomic mass is 16.7. The molecule has 126 valence electrons. The molecule has 0 radical (unpaired) electrons. The normalized spacial score (nSPS) is 19.7. The van der Waals surface area contributed by atoms with Crippen molar-refractivity contribution in [2.45, 2.75) is 65.3 Å². The SMILES string of the molecule is CC(C)(C)OC(=O)c1ccc(B2OC(C)(C)C(C)(C)O2)c(N)c1. The van der Waals surface area contributed by atoms with Crippen LogP contribution in [0.3, 0.4) is 0 Å². The molecule has 0 aliphatic carbocycles. The van der Waals surface area contributed by atoms with Gasteiger partial charge in [0.1, 0.15) is 5.60 Å². The highest BCUT2D eigenvalue weighted by molar-refractivity contribution is 6.63. The first kappa shape index (κ1) is 17.8. The lowest BCUT2D eigenvalue weighted by Crippen LogP contribution is -2.41. The Hall–Kier alpha value is -1.53. The largest absolute Gasteiger partial charge is 0.496 e. The van der Waals surface area contributed by atoms with Crippen LogP contribution in [0.4, 0.5) is 5.69 Å². The maximum atomic E-state index is 12.1. The fraction of sp³-hybridized carbons (Fsp3) is 0.588. The predicted octanol–water partition coefficient (Wildman–Crippen LogP) is 2.52. The van der Waals surface area contributed by atoms with Crippen LogP contribution in [0.15, 0.2) is 18.2 Å². The molecule has 0 aromatic heterocycles. The zero-order chi connectivity index (χ0) is 17.6. The van der Waals surface area contributed by atoms with Crippen LogP contribution in [-0.2, 0) is 14.0 Å². The van der Waals surface area contributed by atoms with E-state index in [1.165, 1.54) is 0 Å². The third-order valence-corrected chi connectivity index (χ3v) is 4.23. The Morgan fingerprint density at radius 3 is 2.09 bits per heavy atom. The molecule has 23 heavy (non-hydrogen) atoms. The molecule has 0 saturated carbocycles. The van der Waals surface area contributed by atoms with E-state index >= 15 is 0 Å². The molecular weight excluding hydrogens is 293 g/mol. The van der Waals surface area contributed by atoms with E-state index in [-0.39, 0.29) is 0 Å². The van der Waals surface area contributed by atoms with Gasteiger partial charge in [-0.1, -0.05) is 6.07 Å². The van der Waals surface area contributed by atoms with Gasteiger partial charge in [0.2, 0.25) is 0 Å². The molecule has 0 amide bonds. The first-order valence-corrected chi connectivity index (χ1v) is 7.81. The molecule has 1 aromatic carbocycles. The second kappa shape index (κ2) is 5.53. The lowest BCUT2D eigenvalue weighted by atomic mass is 9.77. The first-order valence-electron chi connectivity index (χ1n) is 7.81. The van der Waals surface area contributed by atoms with E-state index < -0.39 is 29.9 Å². The standard InChI is InChI=1S/C17H26BNO4/c1-15(2,3)21-14(20)11-8-9-12(13(19)10-11)18-22-16(4,5)17(6,7)23-18/h8-10H,19H2,1-7H3. The van der Waals surface area contributed by atoms with E-state index in [1.54, 1.807) is 18.2 Å². The minimum Gasteiger partial charge on any atom is -0.456 e. The smallest absolute Gasteiger partial charge is 0.456 e. The van der Waals surface area contributed by atoms with Gasteiger partial charge in [-0.3, -0.25) is 0 Å². The van der Waals surface area contributed by atoms with Crippen LogP contribution in [0.5, 0.6) is 0 Å². The van der Waals surface area contributed by atoms with Crippen LogP contribution >= 0.6 is 0 Å². The van der Waals surface area contributed by atoms with Crippen LogP contribution in [0.2, 0.25) is 0 Å². The monoisotopic (exact) mass is 319 g/mol. The Balaban J connectivity index is 2.23. The number of esters is 1. The van der Waals surface area contributed by atoms with Crippen molar-refractivity contribution in [2.75, 3.05) is 5.73 Å². The topological polar surface area (TPSA) is 70.8 Å². The Labute approximate surface area is 138 Å². The highest BCUT2D eigenvalue weighted by Gasteiger charge is 2.52. The zero-order valence-corrected chi connectivity index (χ0v) is 15.0. The summed E-state index contributed by atoms with van der Waals surface area (Å²) in [5.74, 6) is -0.398. The Kier molecular flexibility index (Phi) is 4.28. The average molecular weight is 319 g/mol. The van der Waals surface area contributed by atoms with Gasteiger partial charge in [0.25, 0.3) is 0 Å². The van der Waals surface area contributed by atoms with Gasteiger partial charge < -0.3 is 19.8 Å². The number of benzene rings is 1. The number of nitrogen functional groups attached to an aromatic ring is 1. The van der Waals surface area contributed by atoms with Crippen molar-refractivity contribution in [1.82, 2.24) is 0 Å². The van der Waals surface area contributed by atoms with Crippen molar-refractivity contribution in [3.05, 3.63) is 23.8 Å². The van der Waals surface area contributed by atoms with E-state index in [4.69, 9.17) is 19.8 Å². The summed E-state index contributed by atoms with van der Waals surface area (Å²) in [4.78, 5) is 12.1. The minimum absolute atomic E-state index is 0.398. The van der Waals surface area contributed by atoms with E-state index in [0.717, 1.165) is 5.46 Å². The summed E-state index contributed by atoms with van der Waals surface area (Å²) in [6.45, 7) is 13.4. The van der Waals surface area contributed by atoms with Crippen LogP contribution < -0.4 is 11.2 Å². The molecule has 2 rings (SSSR count). The van der Waals surface area contributed by atoms with Crippen LogP contribution in [0.25, 0.3) is 0 Å². The summed E-state index contributed by atoms with van der Waals surface area (Å²) in [7, 11) is -0.548. The summed E-state index contributed by atoms with van der Waals surface area (Å²) in [5, 5.41) is 0. The van der Waals surface area contributed by atoms with Crippen LogP contribution in [0.1, 0.15) is 58.8 Å². The van der Waals surface area contributed by atoms with E-state index in [1.807, 2.05) is 48.5 Å². The van der Waals surface area contributed by atoms with Gasteiger partial charge in [0.05, 0.1) is 16.8 Å².